The first kappa shape index (κ1) is 37.2. The fourth-order valence-electron chi connectivity index (χ4n) is 5.10. The molecule has 3 rings (SSSR count). The molecule has 0 fully saturated rings. The molecule has 3 aromatic carbocycles. The van der Waals surface area contributed by atoms with E-state index >= 15 is 0 Å². The minimum atomic E-state index is -3.95. The number of nitrogens with one attached hydrogen (secondary N) is 2. The SMILES string of the molecule is CCCN(CC(O)C(Cc1ccc(O)cc1)NC(=O)c1cc(C(N)=O)cc(C(=O)N(CCC)CCC)c1)NS(=O)(=O)c1ccccc1. The van der Waals surface area contributed by atoms with Crippen LogP contribution in [-0.2, 0) is 16.4 Å². The Kier molecular flexibility index (Phi) is 13.9. The van der Waals surface area contributed by atoms with E-state index in [0.717, 1.165) is 12.8 Å². The minimum absolute atomic E-state index is 0.00398. The molecule has 0 radical (unpaired) electrons. The fraction of sp³-hybridized carbons (Fsp3) is 0.382. The van der Waals surface area contributed by atoms with Crippen molar-refractivity contribution in [2.75, 3.05) is 26.2 Å². The second-order valence-electron chi connectivity index (χ2n) is 11.3. The lowest BCUT2D eigenvalue weighted by atomic mass is 9.99. The van der Waals surface area contributed by atoms with Gasteiger partial charge in [0, 0.05) is 42.9 Å². The summed E-state index contributed by atoms with van der Waals surface area (Å²) < 4.78 is 26.1. The molecule has 6 N–H and O–H groups in total. The number of hydrogen-bond donors (Lipinski definition) is 5. The number of hydrogen-bond acceptors (Lipinski definition) is 8. The second kappa shape index (κ2) is 17.6. The maximum absolute atomic E-state index is 13.7. The third-order valence-electron chi connectivity index (χ3n) is 7.38. The first-order chi connectivity index (χ1) is 22.4. The highest BCUT2D eigenvalue weighted by Gasteiger charge is 2.28. The highest BCUT2D eigenvalue weighted by Crippen LogP contribution is 2.17. The predicted molar refractivity (Wildman–Crippen MR) is 179 cm³/mol. The fourth-order valence-corrected chi connectivity index (χ4v) is 6.23. The molecule has 3 amide bonds. The number of nitrogens with two attached hydrogens (primary N) is 1. The number of nitrogens with zero attached hydrogens (tertiary/aromatic N) is 2. The van der Waals surface area contributed by atoms with Crippen molar-refractivity contribution in [1.82, 2.24) is 20.1 Å². The van der Waals surface area contributed by atoms with Crippen LogP contribution in [0.3, 0.4) is 0 Å². The van der Waals surface area contributed by atoms with Gasteiger partial charge in [0.2, 0.25) is 5.91 Å². The largest absolute Gasteiger partial charge is 0.508 e. The molecule has 0 spiro atoms. The van der Waals surface area contributed by atoms with E-state index in [1.54, 1.807) is 35.2 Å². The van der Waals surface area contributed by atoms with Crippen molar-refractivity contribution in [2.24, 2.45) is 5.73 Å². The lowest BCUT2D eigenvalue weighted by Crippen LogP contribution is -2.53. The maximum Gasteiger partial charge on any atom is 0.253 e. The van der Waals surface area contributed by atoms with Gasteiger partial charge in [0.1, 0.15) is 5.75 Å². The number of aromatic hydroxyl groups is 1. The normalized spacial score (nSPS) is 12.8. The zero-order valence-electron chi connectivity index (χ0n) is 27.1. The number of hydrazine groups is 1. The predicted octanol–water partition coefficient (Wildman–Crippen LogP) is 3.06. The summed E-state index contributed by atoms with van der Waals surface area (Å²) in [7, 11) is -3.95. The molecular formula is C34H45N5O7S. The highest BCUT2D eigenvalue weighted by molar-refractivity contribution is 7.89. The van der Waals surface area contributed by atoms with Gasteiger partial charge in [-0.2, -0.15) is 0 Å². The van der Waals surface area contributed by atoms with Crippen LogP contribution >= 0.6 is 0 Å². The Balaban J connectivity index is 1.93. The molecule has 0 aromatic heterocycles. The summed E-state index contributed by atoms with van der Waals surface area (Å²) in [6, 6.07) is 17.2. The Morgan fingerprint density at radius 2 is 1.40 bits per heavy atom. The van der Waals surface area contributed by atoms with E-state index in [4.69, 9.17) is 5.73 Å². The monoisotopic (exact) mass is 667 g/mol. The Morgan fingerprint density at radius 3 is 1.98 bits per heavy atom. The van der Waals surface area contributed by atoms with E-state index < -0.39 is 34.0 Å². The van der Waals surface area contributed by atoms with Gasteiger partial charge in [-0.25, -0.2) is 13.4 Å². The number of benzene rings is 3. The average Bonchev–Trinajstić information content (AvgIpc) is 3.05. The van der Waals surface area contributed by atoms with Crippen LogP contribution < -0.4 is 15.9 Å². The van der Waals surface area contributed by atoms with Gasteiger partial charge in [0.05, 0.1) is 17.0 Å². The number of amides is 3. The van der Waals surface area contributed by atoms with Gasteiger partial charge in [0.15, 0.2) is 0 Å². The standard InChI is InChI=1S/C34H45N5O7S/c1-4-16-38(17-5-2)34(44)27-21-25(32(35)42)20-26(22-27)33(43)36-30(19-24-12-14-28(40)15-13-24)31(41)23-39(18-6-3)37-47(45,46)29-10-8-7-9-11-29/h7-15,20-22,30-31,37,40-41H,4-6,16-19,23H2,1-3H3,(H2,35,42)(H,36,43). The molecule has 0 heterocycles. The average molecular weight is 668 g/mol. The molecule has 3 aromatic rings. The van der Waals surface area contributed by atoms with E-state index in [9.17, 15) is 33.0 Å². The Morgan fingerprint density at radius 1 is 0.830 bits per heavy atom. The van der Waals surface area contributed by atoms with Crippen LogP contribution in [0.4, 0.5) is 0 Å². The molecule has 12 nitrogen and oxygen atoms in total. The van der Waals surface area contributed by atoms with E-state index in [2.05, 4.69) is 10.1 Å². The molecular weight excluding hydrogens is 622 g/mol. The van der Waals surface area contributed by atoms with Crippen molar-refractivity contribution in [3.63, 3.8) is 0 Å². The number of carbonyl (C=O) groups excluding carboxylic acids is 3. The van der Waals surface area contributed by atoms with Crippen molar-refractivity contribution >= 4 is 27.7 Å². The van der Waals surface area contributed by atoms with Crippen molar-refractivity contribution in [3.8, 4) is 5.75 Å². The number of carbonyl (C=O) groups is 3. The van der Waals surface area contributed by atoms with Crippen LogP contribution in [-0.4, -0.2) is 84.6 Å². The molecule has 2 atom stereocenters. The summed E-state index contributed by atoms with van der Waals surface area (Å²) in [6.45, 7) is 6.83. The summed E-state index contributed by atoms with van der Waals surface area (Å²) in [5, 5.41) is 25.4. The lowest BCUT2D eigenvalue weighted by Gasteiger charge is -2.30. The van der Waals surface area contributed by atoms with Crippen molar-refractivity contribution in [1.29, 1.82) is 0 Å². The number of phenols is 1. The van der Waals surface area contributed by atoms with Crippen molar-refractivity contribution in [2.45, 2.75) is 63.5 Å². The summed E-state index contributed by atoms with van der Waals surface area (Å²) in [5.74, 6) is -1.78. The Labute approximate surface area is 276 Å². The summed E-state index contributed by atoms with van der Waals surface area (Å²) >= 11 is 0. The van der Waals surface area contributed by atoms with Crippen LogP contribution in [0.2, 0.25) is 0 Å². The molecule has 0 aliphatic carbocycles. The number of aliphatic hydroxyl groups excluding tert-OH is 1. The minimum Gasteiger partial charge on any atom is -0.508 e. The zero-order valence-corrected chi connectivity index (χ0v) is 27.9. The molecule has 13 heteroatoms. The van der Waals surface area contributed by atoms with E-state index in [1.807, 2.05) is 20.8 Å². The molecule has 254 valence electrons. The smallest absolute Gasteiger partial charge is 0.253 e. The van der Waals surface area contributed by atoms with Gasteiger partial charge in [-0.15, -0.1) is 4.83 Å². The lowest BCUT2D eigenvalue weighted by molar-refractivity contribution is 0.0619. The number of primary amides is 1. The van der Waals surface area contributed by atoms with E-state index in [1.165, 1.54) is 47.5 Å². The summed E-state index contributed by atoms with van der Waals surface area (Å²) in [6.07, 6.45) is 0.829. The zero-order chi connectivity index (χ0) is 34.6. The molecule has 0 saturated heterocycles. The first-order valence-electron chi connectivity index (χ1n) is 15.7. The Bertz CT molecular complexity index is 1590. The number of sulfonamides is 1. The molecule has 0 aliphatic heterocycles. The first-order valence-corrected chi connectivity index (χ1v) is 17.2. The van der Waals surface area contributed by atoms with Crippen LogP contribution in [0.15, 0.2) is 77.7 Å². The van der Waals surface area contributed by atoms with Crippen LogP contribution in [0.1, 0.15) is 76.7 Å². The van der Waals surface area contributed by atoms with E-state index in [0.29, 0.717) is 25.1 Å². The Hall–Kier alpha value is -4.30. The third-order valence-corrected chi connectivity index (χ3v) is 8.77. The highest BCUT2D eigenvalue weighted by atomic mass is 32.2. The van der Waals surface area contributed by atoms with Gasteiger partial charge in [-0.05, 0) is 73.7 Å². The molecule has 0 bridgehead atoms. The topological polar surface area (TPSA) is 182 Å². The molecule has 2 unspecified atom stereocenters. The van der Waals surface area contributed by atoms with Crippen molar-refractivity contribution < 1.29 is 33.0 Å². The van der Waals surface area contributed by atoms with Gasteiger partial charge in [0.25, 0.3) is 21.8 Å². The number of phenolic OH excluding ortho intramolecular Hbond substituents is 1. The van der Waals surface area contributed by atoms with Gasteiger partial charge in [-0.3, -0.25) is 14.4 Å². The summed E-state index contributed by atoms with van der Waals surface area (Å²) in [4.78, 5) is 43.6. The molecule has 0 aliphatic rings. The molecule has 47 heavy (non-hydrogen) atoms. The maximum atomic E-state index is 13.7. The number of rotatable bonds is 18. The van der Waals surface area contributed by atoms with Crippen molar-refractivity contribution in [3.05, 3.63) is 95.1 Å². The van der Waals surface area contributed by atoms with Gasteiger partial charge in [-0.1, -0.05) is 51.1 Å². The van der Waals surface area contributed by atoms with E-state index in [-0.39, 0.29) is 52.8 Å². The number of aliphatic hydroxyl groups is 1. The third kappa shape index (κ3) is 10.9. The quantitative estimate of drug-likeness (QED) is 0.128. The second-order valence-corrected chi connectivity index (χ2v) is 13.0. The van der Waals surface area contributed by atoms with Gasteiger partial charge >= 0.3 is 0 Å². The van der Waals surface area contributed by atoms with Crippen LogP contribution in [0.5, 0.6) is 5.75 Å². The van der Waals surface area contributed by atoms with Crippen LogP contribution in [0, 0.1) is 0 Å². The summed E-state index contributed by atoms with van der Waals surface area (Å²) in [5.41, 5.74) is 6.35. The van der Waals surface area contributed by atoms with Gasteiger partial charge < -0.3 is 26.2 Å². The van der Waals surface area contributed by atoms with Crippen LogP contribution in [0.25, 0.3) is 0 Å². The molecule has 0 saturated carbocycles.